The molecule has 2 atom stereocenters. The first-order valence-corrected chi connectivity index (χ1v) is 10.8. The number of hydrogen-bond acceptors (Lipinski definition) is 4. The molecule has 4 rings (SSSR count). The van der Waals surface area contributed by atoms with Crippen molar-refractivity contribution in [1.82, 2.24) is 19.7 Å². The van der Waals surface area contributed by atoms with Crippen LogP contribution in [0.3, 0.4) is 0 Å². The first-order valence-electron chi connectivity index (χ1n) is 10.0. The van der Waals surface area contributed by atoms with Gasteiger partial charge in [0.25, 0.3) is 0 Å². The predicted molar refractivity (Wildman–Crippen MR) is 120 cm³/mol. The van der Waals surface area contributed by atoms with Gasteiger partial charge in [-0.3, -0.25) is 0 Å². The Morgan fingerprint density at radius 2 is 1.91 bits per heavy atom. The second-order valence-corrected chi connectivity index (χ2v) is 9.09. The maximum Gasteiger partial charge on any atom is 0.322 e. The zero-order valence-electron chi connectivity index (χ0n) is 17.5. The Morgan fingerprint density at radius 1 is 1.22 bits per heavy atom. The van der Waals surface area contributed by atoms with Crippen LogP contribution in [0.1, 0.15) is 36.6 Å². The molecule has 1 aliphatic rings. The second-order valence-electron chi connectivity index (χ2n) is 8.22. The number of halogens is 3. The van der Waals surface area contributed by atoms with E-state index < -0.39 is 23.5 Å². The van der Waals surface area contributed by atoms with E-state index in [1.807, 2.05) is 23.6 Å². The average molecular weight is 478 g/mol. The molecule has 1 saturated heterocycles. The Kier molecular flexibility index (Phi) is 6.11. The van der Waals surface area contributed by atoms with Gasteiger partial charge in [0, 0.05) is 16.5 Å². The summed E-state index contributed by atoms with van der Waals surface area (Å²) in [5, 5.41) is 22.7. The summed E-state index contributed by atoms with van der Waals surface area (Å²) in [6.07, 6.45) is 0.266. The van der Waals surface area contributed by atoms with Gasteiger partial charge in [-0.2, -0.15) is 0 Å². The van der Waals surface area contributed by atoms with E-state index in [1.54, 1.807) is 19.1 Å². The average Bonchev–Trinajstić information content (AvgIpc) is 3.25. The molecule has 0 bridgehead atoms. The van der Waals surface area contributed by atoms with E-state index in [1.165, 1.54) is 17.0 Å². The highest BCUT2D eigenvalue weighted by Gasteiger charge is 2.45. The van der Waals surface area contributed by atoms with Crippen LogP contribution in [0.2, 0.25) is 10.0 Å². The maximum atomic E-state index is 14.2. The molecule has 0 spiro atoms. The monoisotopic (exact) mass is 477 g/mol. The first-order chi connectivity index (χ1) is 15.1. The van der Waals surface area contributed by atoms with E-state index >= 15 is 0 Å². The highest BCUT2D eigenvalue weighted by atomic mass is 35.5. The lowest BCUT2D eigenvalue weighted by atomic mass is 10.0. The quantitative estimate of drug-likeness (QED) is 0.564. The lowest BCUT2D eigenvalue weighted by molar-refractivity contribution is 0.0722. The van der Waals surface area contributed by atoms with Crippen molar-refractivity contribution in [3.63, 3.8) is 0 Å². The first kappa shape index (κ1) is 22.5. The number of aromatic nitrogens is 3. The van der Waals surface area contributed by atoms with Gasteiger partial charge in [-0.25, -0.2) is 9.18 Å². The van der Waals surface area contributed by atoms with Crippen LogP contribution in [0, 0.1) is 12.7 Å². The molecule has 168 valence electrons. The third-order valence-corrected chi connectivity index (χ3v) is 5.96. The topological polar surface area (TPSA) is 83.3 Å². The summed E-state index contributed by atoms with van der Waals surface area (Å²) in [7, 11) is 0. The van der Waals surface area contributed by atoms with Gasteiger partial charge in [-0.15, -0.1) is 10.2 Å². The summed E-state index contributed by atoms with van der Waals surface area (Å²) in [5.41, 5.74) is -0.142. The lowest BCUT2D eigenvalue weighted by Crippen LogP contribution is -2.38. The van der Waals surface area contributed by atoms with E-state index in [0.29, 0.717) is 23.2 Å². The zero-order valence-corrected chi connectivity index (χ0v) is 19.0. The number of hydrogen-bond donors (Lipinski definition) is 2. The van der Waals surface area contributed by atoms with Gasteiger partial charge in [0.15, 0.2) is 5.82 Å². The predicted octanol–water partition coefficient (Wildman–Crippen LogP) is 4.81. The summed E-state index contributed by atoms with van der Waals surface area (Å²) >= 11 is 11.8. The van der Waals surface area contributed by atoms with Crippen molar-refractivity contribution in [2.24, 2.45) is 0 Å². The number of carbonyl (C=O) groups is 1. The maximum absolute atomic E-state index is 14.2. The lowest BCUT2D eigenvalue weighted by Gasteiger charge is -2.25. The minimum absolute atomic E-state index is 0.00324. The third kappa shape index (κ3) is 4.72. The van der Waals surface area contributed by atoms with Gasteiger partial charge in [0.2, 0.25) is 0 Å². The SMILES string of the molecule is Cc1nnc([C@H]2CC(C)(O)CN2C(=O)Nc2ccc(Cl)cc2F)n1Cc1ccc(Cl)cc1. The number of carbonyl (C=O) groups excluding carboxylic acids is 1. The number of likely N-dealkylation sites (tertiary alicyclic amines) is 1. The van der Waals surface area contributed by atoms with Gasteiger partial charge in [-0.05, 0) is 49.7 Å². The standard InChI is InChI=1S/C22H22Cl2FN5O2/c1-13-27-28-20(29(13)11-14-3-5-15(23)6-4-14)19-10-22(2,32)12-30(19)21(31)26-18-8-7-16(24)9-17(18)25/h3-9,19,32H,10-12H2,1-2H3,(H,26,31)/t19-,22?/m1/s1. The van der Waals surface area contributed by atoms with Crippen LogP contribution in [0.25, 0.3) is 0 Å². The summed E-state index contributed by atoms with van der Waals surface area (Å²) in [6.45, 7) is 4.02. The van der Waals surface area contributed by atoms with Crippen molar-refractivity contribution >= 4 is 34.9 Å². The fourth-order valence-corrected chi connectivity index (χ4v) is 4.19. The van der Waals surface area contributed by atoms with Crippen molar-refractivity contribution in [1.29, 1.82) is 0 Å². The summed E-state index contributed by atoms with van der Waals surface area (Å²) < 4.78 is 16.1. The highest BCUT2D eigenvalue weighted by molar-refractivity contribution is 6.30. The van der Waals surface area contributed by atoms with Crippen LogP contribution < -0.4 is 5.32 Å². The van der Waals surface area contributed by atoms with E-state index in [2.05, 4.69) is 15.5 Å². The Hall–Kier alpha value is -2.68. The molecule has 2 N–H and O–H groups in total. The Morgan fingerprint density at radius 3 is 2.59 bits per heavy atom. The number of benzene rings is 2. The van der Waals surface area contributed by atoms with E-state index in [-0.39, 0.29) is 23.7 Å². The molecule has 0 aliphatic carbocycles. The molecule has 1 aromatic heterocycles. The molecule has 2 aromatic carbocycles. The van der Waals surface area contributed by atoms with Gasteiger partial charge in [0.1, 0.15) is 11.6 Å². The van der Waals surface area contributed by atoms with Crippen LogP contribution in [0.15, 0.2) is 42.5 Å². The van der Waals surface area contributed by atoms with Crippen LogP contribution in [0.5, 0.6) is 0 Å². The van der Waals surface area contributed by atoms with Crippen molar-refractivity contribution in [3.05, 3.63) is 75.5 Å². The fraction of sp³-hybridized carbons (Fsp3) is 0.318. The normalized spacial score (nSPS) is 20.6. The number of β-amino-alcohol motifs (C(OH)–C–C–N with tert-alkyl or cyclic N) is 1. The number of amides is 2. The zero-order chi connectivity index (χ0) is 23.0. The van der Waals surface area contributed by atoms with E-state index in [0.717, 1.165) is 11.6 Å². The van der Waals surface area contributed by atoms with Crippen molar-refractivity contribution < 1.29 is 14.3 Å². The van der Waals surface area contributed by atoms with Crippen molar-refractivity contribution in [2.45, 2.75) is 38.5 Å². The highest BCUT2D eigenvalue weighted by Crippen LogP contribution is 2.38. The van der Waals surface area contributed by atoms with Crippen LogP contribution in [-0.4, -0.2) is 42.9 Å². The molecule has 0 radical (unpaired) electrons. The summed E-state index contributed by atoms with van der Waals surface area (Å²) in [4.78, 5) is 14.5. The molecule has 2 amide bonds. The smallest absolute Gasteiger partial charge is 0.322 e. The number of nitrogens with one attached hydrogen (secondary N) is 1. The van der Waals surface area contributed by atoms with Crippen molar-refractivity contribution in [3.8, 4) is 0 Å². The number of aryl methyl sites for hydroxylation is 1. The largest absolute Gasteiger partial charge is 0.388 e. The molecule has 2 heterocycles. The molecular formula is C22H22Cl2FN5O2. The molecule has 1 fully saturated rings. The van der Waals surface area contributed by atoms with Crippen LogP contribution in [-0.2, 0) is 6.54 Å². The molecule has 1 aliphatic heterocycles. The minimum atomic E-state index is -1.13. The molecular weight excluding hydrogens is 456 g/mol. The molecule has 1 unspecified atom stereocenters. The Bertz CT molecular complexity index is 1150. The van der Waals surface area contributed by atoms with Crippen LogP contribution >= 0.6 is 23.2 Å². The number of rotatable bonds is 4. The van der Waals surface area contributed by atoms with Crippen LogP contribution in [0.4, 0.5) is 14.9 Å². The molecule has 10 heteroatoms. The summed E-state index contributed by atoms with van der Waals surface area (Å²) in [6, 6.07) is 10.3. The molecule has 32 heavy (non-hydrogen) atoms. The van der Waals surface area contributed by atoms with Gasteiger partial charge < -0.3 is 19.9 Å². The Labute approximate surface area is 194 Å². The van der Waals surface area contributed by atoms with Gasteiger partial charge in [-0.1, -0.05) is 35.3 Å². The number of anilines is 1. The third-order valence-electron chi connectivity index (χ3n) is 5.47. The second kappa shape index (κ2) is 8.69. The summed E-state index contributed by atoms with van der Waals surface area (Å²) in [5.74, 6) is 0.572. The van der Waals surface area contributed by atoms with E-state index in [9.17, 15) is 14.3 Å². The molecule has 0 saturated carbocycles. The van der Waals surface area contributed by atoms with Gasteiger partial charge in [0.05, 0.1) is 30.4 Å². The number of nitrogens with zero attached hydrogens (tertiary/aromatic N) is 4. The number of aliphatic hydroxyl groups is 1. The molecule has 7 nitrogen and oxygen atoms in total. The van der Waals surface area contributed by atoms with E-state index in [4.69, 9.17) is 23.2 Å². The van der Waals surface area contributed by atoms with Crippen molar-refractivity contribution in [2.75, 3.05) is 11.9 Å². The Balaban J connectivity index is 1.63. The minimum Gasteiger partial charge on any atom is -0.388 e. The fourth-order valence-electron chi connectivity index (χ4n) is 3.90. The van der Waals surface area contributed by atoms with Gasteiger partial charge >= 0.3 is 6.03 Å². The molecule has 3 aromatic rings. The number of urea groups is 1.